The highest BCUT2D eigenvalue weighted by Crippen LogP contribution is 2.29. The standard InChI is InChI=1S/C23H26N6O3/c1-31-19-9-8-17(14-20(19)32-2)26-23(30)27-21-15-22(25-16-24-21)29-12-10-28(11-13-29)18-6-4-3-5-7-18/h3-9,14-16H,10-13H2,1-2H3,(H2,24,25,26,27,30). The van der Waals surface area contributed by atoms with Gasteiger partial charge in [-0.1, -0.05) is 18.2 Å². The molecule has 9 heteroatoms. The van der Waals surface area contributed by atoms with Crippen LogP contribution in [0.5, 0.6) is 11.5 Å². The Bertz CT molecular complexity index is 1050. The molecule has 0 atom stereocenters. The predicted molar refractivity (Wildman–Crippen MR) is 125 cm³/mol. The van der Waals surface area contributed by atoms with Crippen LogP contribution in [-0.4, -0.2) is 56.4 Å². The first kappa shape index (κ1) is 21.2. The molecule has 3 aromatic rings. The van der Waals surface area contributed by atoms with Crippen molar-refractivity contribution in [3.63, 3.8) is 0 Å². The molecule has 0 bridgehead atoms. The number of hydrogen-bond donors (Lipinski definition) is 2. The number of hydrogen-bond acceptors (Lipinski definition) is 7. The number of amides is 2. The van der Waals surface area contributed by atoms with E-state index in [0.717, 1.165) is 32.0 Å². The van der Waals surface area contributed by atoms with Gasteiger partial charge >= 0.3 is 6.03 Å². The summed E-state index contributed by atoms with van der Waals surface area (Å²) in [5.74, 6) is 2.34. The summed E-state index contributed by atoms with van der Waals surface area (Å²) in [5, 5.41) is 5.53. The third-order valence-corrected chi connectivity index (χ3v) is 5.26. The van der Waals surface area contributed by atoms with E-state index in [4.69, 9.17) is 9.47 Å². The van der Waals surface area contributed by atoms with E-state index >= 15 is 0 Å². The lowest BCUT2D eigenvalue weighted by molar-refractivity contribution is 0.262. The third-order valence-electron chi connectivity index (χ3n) is 5.26. The van der Waals surface area contributed by atoms with Crippen LogP contribution in [0.3, 0.4) is 0 Å². The van der Waals surface area contributed by atoms with Gasteiger partial charge in [-0.3, -0.25) is 5.32 Å². The van der Waals surface area contributed by atoms with Gasteiger partial charge in [-0.25, -0.2) is 14.8 Å². The molecule has 9 nitrogen and oxygen atoms in total. The molecule has 32 heavy (non-hydrogen) atoms. The summed E-state index contributed by atoms with van der Waals surface area (Å²) in [5.41, 5.74) is 1.80. The summed E-state index contributed by atoms with van der Waals surface area (Å²) in [6.07, 6.45) is 1.46. The van der Waals surface area contributed by atoms with Crippen LogP contribution in [0, 0.1) is 0 Å². The molecule has 2 N–H and O–H groups in total. The monoisotopic (exact) mass is 434 g/mol. The van der Waals surface area contributed by atoms with Crippen molar-refractivity contribution in [2.75, 3.05) is 60.8 Å². The zero-order chi connectivity index (χ0) is 22.3. The van der Waals surface area contributed by atoms with Crippen LogP contribution in [0.25, 0.3) is 0 Å². The van der Waals surface area contributed by atoms with Crippen LogP contribution in [0.1, 0.15) is 0 Å². The molecule has 0 saturated carbocycles. The minimum Gasteiger partial charge on any atom is -0.493 e. The number of carbonyl (C=O) groups is 1. The van der Waals surface area contributed by atoms with Crippen LogP contribution in [0.15, 0.2) is 60.9 Å². The minimum absolute atomic E-state index is 0.407. The Morgan fingerprint density at radius 2 is 1.56 bits per heavy atom. The average molecular weight is 435 g/mol. The predicted octanol–water partition coefficient (Wildman–Crippen LogP) is 3.46. The number of benzene rings is 2. The molecule has 0 aliphatic carbocycles. The van der Waals surface area contributed by atoms with Crippen molar-refractivity contribution < 1.29 is 14.3 Å². The van der Waals surface area contributed by atoms with Crippen molar-refractivity contribution in [3.8, 4) is 11.5 Å². The van der Waals surface area contributed by atoms with Crippen molar-refractivity contribution >= 4 is 29.0 Å². The Morgan fingerprint density at radius 1 is 0.844 bits per heavy atom. The van der Waals surface area contributed by atoms with Crippen LogP contribution < -0.4 is 29.9 Å². The van der Waals surface area contributed by atoms with Crippen LogP contribution in [0.2, 0.25) is 0 Å². The molecule has 1 fully saturated rings. The largest absolute Gasteiger partial charge is 0.493 e. The number of para-hydroxylation sites is 1. The quantitative estimate of drug-likeness (QED) is 0.614. The number of ether oxygens (including phenoxy) is 2. The highest BCUT2D eigenvalue weighted by atomic mass is 16.5. The van der Waals surface area contributed by atoms with Crippen LogP contribution in [0.4, 0.5) is 27.8 Å². The summed E-state index contributed by atoms with van der Waals surface area (Å²) < 4.78 is 10.5. The molecule has 166 valence electrons. The van der Waals surface area contributed by atoms with E-state index in [2.05, 4.69) is 54.7 Å². The topological polar surface area (TPSA) is 91.9 Å². The number of urea groups is 1. The minimum atomic E-state index is -0.407. The van der Waals surface area contributed by atoms with Gasteiger partial charge in [0.25, 0.3) is 0 Å². The number of nitrogens with one attached hydrogen (secondary N) is 2. The Kier molecular flexibility index (Phi) is 6.54. The van der Waals surface area contributed by atoms with Crippen molar-refractivity contribution in [2.24, 2.45) is 0 Å². The van der Waals surface area contributed by atoms with Gasteiger partial charge in [-0.2, -0.15) is 0 Å². The lowest BCUT2D eigenvalue weighted by atomic mass is 10.2. The van der Waals surface area contributed by atoms with Crippen LogP contribution in [-0.2, 0) is 0 Å². The highest BCUT2D eigenvalue weighted by Gasteiger charge is 2.19. The number of anilines is 4. The Labute approximate surface area is 187 Å². The zero-order valence-electron chi connectivity index (χ0n) is 18.1. The first-order chi connectivity index (χ1) is 15.7. The zero-order valence-corrected chi connectivity index (χ0v) is 18.1. The van der Waals surface area contributed by atoms with E-state index < -0.39 is 6.03 Å². The second-order valence-electron chi connectivity index (χ2n) is 7.22. The van der Waals surface area contributed by atoms with E-state index in [1.54, 1.807) is 38.5 Å². The van der Waals surface area contributed by atoms with E-state index in [0.29, 0.717) is 23.0 Å². The molecule has 2 amide bonds. The number of rotatable bonds is 6. The van der Waals surface area contributed by atoms with Crippen LogP contribution >= 0.6 is 0 Å². The van der Waals surface area contributed by atoms with Gasteiger partial charge in [-0.05, 0) is 24.3 Å². The van der Waals surface area contributed by atoms with Crippen molar-refractivity contribution in [1.29, 1.82) is 0 Å². The fourth-order valence-electron chi connectivity index (χ4n) is 3.61. The maximum Gasteiger partial charge on any atom is 0.324 e. The lowest BCUT2D eigenvalue weighted by Gasteiger charge is -2.36. The normalized spacial score (nSPS) is 13.4. The lowest BCUT2D eigenvalue weighted by Crippen LogP contribution is -2.46. The second-order valence-corrected chi connectivity index (χ2v) is 7.22. The molecular formula is C23H26N6O3. The van der Waals surface area contributed by atoms with Gasteiger partial charge < -0.3 is 24.6 Å². The number of methoxy groups -OCH3 is 2. The summed E-state index contributed by atoms with van der Waals surface area (Å²) in [6.45, 7) is 3.47. The van der Waals surface area contributed by atoms with Crippen molar-refractivity contribution in [1.82, 2.24) is 9.97 Å². The Balaban J connectivity index is 1.36. The molecular weight excluding hydrogens is 408 g/mol. The fourth-order valence-corrected chi connectivity index (χ4v) is 3.61. The fraction of sp³-hybridized carbons (Fsp3) is 0.261. The van der Waals surface area contributed by atoms with Crippen molar-refractivity contribution in [3.05, 3.63) is 60.9 Å². The van der Waals surface area contributed by atoms with Gasteiger partial charge in [0.05, 0.1) is 14.2 Å². The first-order valence-electron chi connectivity index (χ1n) is 10.3. The van der Waals surface area contributed by atoms with Gasteiger partial charge in [0.1, 0.15) is 18.0 Å². The number of carbonyl (C=O) groups excluding carboxylic acids is 1. The second kappa shape index (κ2) is 9.86. The summed E-state index contributed by atoms with van der Waals surface area (Å²) in [4.78, 5) is 25.6. The smallest absolute Gasteiger partial charge is 0.324 e. The molecule has 1 aliphatic rings. The van der Waals surface area contributed by atoms with Gasteiger partial charge in [0.15, 0.2) is 11.5 Å². The molecule has 1 saturated heterocycles. The van der Waals surface area contributed by atoms with Crippen molar-refractivity contribution in [2.45, 2.75) is 0 Å². The summed E-state index contributed by atoms with van der Waals surface area (Å²) in [6, 6.07) is 16.9. The molecule has 1 aromatic heterocycles. The molecule has 0 radical (unpaired) electrons. The average Bonchev–Trinajstić information content (AvgIpc) is 2.84. The number of nitrogens with zero attached hydrogens (tertiary/aromatic N) is 4. The van der Waals surface area contributed by atoms with E-state index in [9.17, 15) is 4.79 Å². The van der Waals surface area contributed by atoms with E-state index in [1.165, 1.54) is 12.0 Å². The Morgan fingerprint density at radius 3 is 2.28 bits per heavy atom. The maximum atomic E-state index is 12.4. The Hall–Kier alpha value is -4.01. The third kappa shape index (κ3) is 5.00. The number of piperazine rings is 1. The summed E-state index contributed by atoms with van der Waals surface area (Å²) >= 11 is 0. The highest BCUT2D eigenvalue weighted by molar-refractivity contribution is 5.99. The molecule has 2 aromatic carbocycles. The number of aromatic nitrogens is 2. The molecule has 1 aliphatic heterocycles. The molecule has 2 heterocycles. The van der Waals surface area contributed by atoms with E-state index in [1.807, 2.05) is 6.07 Å². The summed E-state index contributed by atoms with van der Waals surface area (Å²) in [7, 11) is 3.11. The molecule has 4 rings (SSSR count). The van der Waals surface area contributed by atoms with Gasteiger partial charge in [0, 0.05) is 49.7 Å². The molecule has 0 unspecified atom stereocenters. The van der Waals surface area contributed by atoms with Gasteiger partial charge in [-0.15, -0.1) is 0 Å². The van der Waals surface area contributed by atoms with E-state index in [-0.39, 0.29) is 0 Å². The molecule has 0 spiro atoms. The SMILES string of the molecule is COc1ccc(NC(=O)Nc2cc(N3CCN(c4ccccc4)CC3)ncn2)cc1OC. The maximum absolute atomic E-state index is 12.4. The van der Waals surface area contributed by atoms with Gasteiger partial charge in [0.2, 0.25) is 0 Å². The first-order valence-corrected chi connectivity index (χ1v) is 10.3.